The lowest BCUT2D eigenvalue weighted by Crippen LogP contribution is -2.58. The monoisotopic (exact) mass is 187 g/mol. The molecule has 0 saturated carbocycles. The Bertz CT molecular complexity index is 213. The van der Waals surface area contributed by atoms with E-state index in [4.69, 9.17) is 5.73 Å². The Morgan fingerprint density at radius 1 is 1.62 bits per heavy atom. The number of amides is 2. The SMILES string of the molecule is COC(=O)NC(=O)CN1CC(N)C1. The Balaban J connectivity index is 2.15. The number of carbonyl (C=O) groups excluding carboxylic acids is 2. The molecule has 1 heterocycles. The van der Waals surface area contributed by atoms with E-state index in [1.54, 1.807) is 0 Å². The van der Waals surface area contributed by atoms with E-state index in [1.165, 1.54) is 7.11 Å². The Morgan fingerprint density at radius 3 is 2.69 bits per heavy atom. The fourth-order valence-electron chi connectivity index (χ4n) is 1.15. The lowest BCUT2D eigenvalue weighted by atomic mass is 10.1. The van der Waals surface area contributed by atoms with Gasteiger partial charge in [-0.1, -0.05) is 0 Å². The molecule has 0 aromatic heterocycles. The van der Waals surface area contributed by atoms with Gasteiger partial charge in [0.1, 0.15) is 0 Å². The Hall–Kier alpha value is -1.14. The molecule has 0 aliphatic carbocycles. The number of likely N-dealkylation sites (tertiary alicyclic amines) is 1. The van der Waals surface area contributed by atoms with Crippen LogP contribution in [0, 0.1) is 0 Å². The smallest absolute Gasteiger partial charge is 0.413 e. The molecule has 0 unspecified atom stereocenters. The molecular weight excluding hydrogens is 174 g/mol. The number of nitrogens with two attached hydrogens (primary N) is 1. The summed E-state index contributed by atoms with van der Waals surface area (Å²) < 4.78 is 4.26. The summed E-state index contributed by atoms with van der Waals surface area (Å²) in [6.45, 7) is 1.60. The van der Waals surface area contributed by atoms with Crippen LogP contribution in [-0.4, -0.2) is 49.7 Å². The number of alkyl carbamates (subject to hydrolysis) is 1. The number of carbonyl (C=O) groups is 2. The van der Waals surface area contributed by atoms with Crippen molar-refractivity contribution in [2.75, 3.05) is 26.7 Å². The number of imide groups is 1. The van der Waals surface area contributed by atoms with E-state index in [2.05, 4.69) is 10.1 Å². The molecule has 2 amide bonds. The summed E-state index contributed by atoms with van der Waals surface area (Å²) >= 11 is 0. The van der Waals surface area contributed by atoms with Crippen LogP contribution in [-0.2, 0) is 9.53 Å². The summed E-state index contributed by atoms with van der Waals surface area (Å²) in [5.74, 6) is -0.362. The largest absolute Gasteiger partial charge is 0.453 e. The van der Waals surface area contributed by atoms with Crippen LogP contribution in [0.3, 0.4) is 0 Å². The van der Waals surface area contributed by atoms with Gasteiger partial charge in [0.25, 0.3) is 0 Å². The van der Waals surface area contributed by atoms with Gasteiger partial charge in [-0.25, -0.2) is 4.79 Å². The maximum Gasteiger partial charge on any atom is 0.413 e. The third-order valence-corrected chi connectivity index (χ3v) is 1.78. The van der Waals surface area contributed by atoms with Crippen LogP contribution in [0.15, 0.2) is 0 Å². The van der Waals surface area contributed by atoms with E-state index in [9.17, 15) is 9.59 Å². The highest BCUT2D eigenvalue weighted by atomic mass is 16.5. The van der Waals surface area contributed by atoms with Crippen molar-refractivity contribution in [3.8, 4) is 0 Å². The lowest BCUT2D eigenvalue weighted by Gasteiger charge is -2.35. The van der Waals surface area contributed by atoms with Crippen molar-refractivity contribution >= 4 is 12.0 Å². The van der Waals surface area contributed by atoms with Gasteiger partial charge >= 0.3 is 6.09 Å². The number of nitrogens with zero attached hydrogens (tertiary/aromatic N) is 1. The van der Waals surface area contributed by atoms with Crippen LogP contribution in [0.5, 0.6) is 0 Å². The van der Waals surface area contributed by atoms with Crippen molar-refractivity contribution in [1.29, 1.82) is 0 Å². The van der Waals surface area contributed by atoms with Crippen LogP contribution in [0.4, 0.5) is 4.79 Å². The van der Waals surface area contributed by atoms with Crippen molar-refractivity contribution in [3.63, 3.8) is 0 Å². The maximum atomic E-state index is 11.0. The predicted octanol–water partition coefficient (Wildman–Crippen LogP) is -1.49. The quantitative estimate of drug-likeness (QED) is 0.550. The number of hydrogen-bond donors (Lipinski definition) is 2. The summed E-state index contributed by atoms with van der Waals surface area (Å²) in [6.07, 6.45) is -0.727. The molecule has 0 aromatic carbocycles. The van der Waals surface area contributed by atoms with E-state index in [1.807, 2.05) is 4.90 Å². The van der Waals surface area contributed by atoms with Crippen molar-refractivity contribution < 1.29 is 14.3 Å². The van der Waals surface area contributed by atoms with E-state index in [-0.39, 0.29) is 18.5 Å². The molecular formula is C7H13N3O3. The zero-order chi connectivity index (χ0) is 9.84. The molecule has 1 aliphatic heterocycles. The highest BCUT2D eigenvalue weighted by Crippen LogP contribution is 2.03. The van der Waals surface area contributed by atoms with Gasteiger partial charge in [0.2, 0.25) is 5.91 Å². The first-order chi connectivity index (χ1) is 6.11. The van der Waals surface area contributed by atoms with Gasteiger partial charge in [-0.3, -0.25) is 15.0 Å². The third kappa shape index (κ3) is 3.00. The molecule has 6 heteroatoms. The zero-order valence-electron chi connectivity index (χ0n) is 7.45. The molecule has 1 rings (SSSR count). The van der Waals surface area contributed by atoms with Gasteiger partial charge < -0.3 is 10.5 Å². The predicted molar refractivity (Wildman–Crippen MR) is 45.0 cm³/mol. The average molecular weight is 187 g/mol. The second-order valence-electron chi connectivity index (χ2n) is 2.99. The van der Waals surface area contributed by atoms with Gasteiger partial charge in [0.15, 0.2) is 0 Å². The van der Waals surface area contributed by atoms with Crippen molar-refractivity contribution in [2.45, 2.75) is 6.04 Å². The Morgan fingerprint density at radius 2 is 2.23 bits per heavy atom. The fraction of sp³-hybridized carbons (Fsp3) is 0.714. The molecule has 0 aromatic rings. The summed E-state index contributed by atoms with van der Waals surface area (Å²) in [5, 5.41) is 2.06. The number of hydrogen-bond acceptors (Lipinski definition) is 5. The minimum absolute atomic E-state index is 0.158. The minimum Gasteiger partial charge on any atom is -0.453 e. The second-order valence-corrected chi connectivity index (χ2v) is 2.99. The van der Waals surface area contributed by atoms with E-state index >= 15 is 0 Å². The van der Waals surface area contributed by atoms with Crippen LogP contribution >= 0.6 is 0 Å². The van der Waals surface area contributed by atoms with E-state index in [0.717, 1.165) is 0 Å². The first-order valence-electron chi connectivity index (χ1n) is 3.97. The average Bonchev–Trinajstić information content (AvgIpc) is 2.01. The maximum absolute atomic E-state index is 11.0. The molecule has 0 spiro atoms. The normalized spacial score (nSPS) is 17.7. The minimum atomic E-state index is -0.727. The summed E-state index contributed by atoms with van der Waals surface area (Å²) in [6, 6.07) is 0.158. The summed E-state index contributed by atoms with van der Waals surface area (Å²) in [7, 11) is 1.21. The zero-order valence-corrected chi connectivity index (χ0v) is 7.45. The lowest BCUT2D eigenvalue weighted by molar-refractivity contribution is -0.122. The van der Waals surface area contributed by atoms with Crippen LogP contribution in [0.2, 0.25) is 0 Å². The molecule has 1 fully saturated rings. The molecule has 0 radical (unpaired) electrons. The standard InChI is InChI=1S/C7H13N3O3/c1-13-7(12)9-6(11)4-10-2-5(8)3-10/h5H,2-4,8H2,1H3,(H,9,11,12). The van der Waals surface area contributed by atoms with Gasteiger partial charge in [-0.15, -0.1) is 0 Å². The summed E-state index contributed by atoms with van der Waals surface area (Å²) in [4.78, 5) is 23.5. The molecule has 1 aliphatic rings. The third-order valence-electron chi connectivity index (χ3n) is 1.78. The van der Waals surface area contributed by atoms with Gasteiger partial charge in [0, 0.05) is 19.1 Å². The Labute approximate surface area is 76.0 Å². The van der Waals surface area contributed by atoms with Gasteiger partial charge in [0.05, 0.1) is 13.7 Å². The first-order valence-corrected chi connectivity index (χ1v) is 3.97. The van der Waals surface area contributed by atoms with Crippen molar-refractivity contribution in [3.05, 3.63) is 0 Å². The van der Waals surface area contributed by atoms with Gasteiger partial charge in [-0.05, 0) is 0 Å². The molecule has 1 saturated heterocycles. The van der Waals surface area contributed by atoms with E-state index < -0.39 is 6.09 Å². The van der Waals surface area contributed by atoms with Crippen LogP contribution in [0.1, 0.15) is 0 Å². The van der Waals surface area contributed by atoms with Crippen molar-refractivity contribution in [2.24, 2.45) is 5.73 Å². The van der Waals surface area contributed by atoms with Crippen molar-refractivity contribution in [1.82, 2.24) is 10.2 Å². The van der Waals surface area contributed by atoms with Crippen LogP contribution < -0.4 is 11.1 Å². The fourth-order valence-corrected chi connectivity index (χ4v) is 1.15. The molecule has 74 valence electrons. The first kappa shape index (κ1) is 9.94. The van der Waals surface area contributed by atoms with Crippen LogP contribution in [0.25, 0.3) is 0 Å². The highest BCUT2D eigenvalue weighted by molar-refractivity contribution is 5.92. The highest BCUT2D eigenvalue weighted by Gasteiger charge is 2.25. The second kappa shape index (κ2) is 4.20. The molecule has 13 heavy (non-hydrogen) atoms. The molecule has 6 nitrogen and oxygen atoms in total. The number of ether oxygens (including phenoxy) is 1. The van der Waals surface area contributed by atoms with Gasteiger partial charge in [-0.2, -0.15) is 0 Å². The molecule has 0 bridgehead atoms. The number of methoxy groups -OCH3 is 1. The number of rotatable bonds is 2. The molecule has 3 N–H and O–H groups in total. The molecule has 0 atom stereocenters. The van der Waals surface area contributed by atoms with E-state index in [0.29, 0.717) is 13.1 Å². The topological polar surface area (TPSA) is 84.7 Å². The Kier molecular flexibility index (Phi) is 3.21. The summed E-state index contributed by atoms with van der Waals surface area (Å²) in [5.41, 5.74) is 5.51. The number of nitrogens with one attached hydrogen (secondary N) is 1.